The maximum absolute atomic E-state index is 12.6. The second-order valence-corrected chi connectivity index (χ2v) is 9.38. The zero-order valence-corrected chi connectivity index (χ0v) is 19.4. The van der Waals surface area contributed by atoms with Crippen LogP contribution in [-0.2, 0) is 5.54 Å². The van der Waals surface area contributed by atoms with Crippen LogP contribution in [0.2, 0.25) is 0 Å². The van der Waals surface area contributed by atoms with Crippen molar-refractivity contribution >= 4 is 11.8 Å². The zero-order chi connectivity index (χ0) is 23.5. The van der Waals surface area contributed by atoms with Gasteiger partial charge in [-0.05, 0) is 68.1 Å². The van der Waals surface area contributed by atoms with Crippen molar-refractivity contribution in [1.29, 1.82) is 0 Å². The lowest BCUT2D eigenvalue weighted by Crippen LogP contribution is -2.50. The Labute approximate surface area is 201 Å². The van der Waals surface area contributed by atoms with Crippen molar-refractivity contribution in [3.05, 3.63) is 107 Å². The van der Waals surface area contributed by atoms with E-state index in [9.17, 15) is 9.59 Å². The zero-order valence-electron chi connectivity index (χ0n) is 19.4. The molecule has 1 fully saturated rings. The number of fused-ring (bicyclic) bond motifs is 1. The molecule has 2 amide bonds. The number of imide groups is 1. The van der Waals surface area contributed by atoms with Crippen LogP contribution in [0.3, 0.4) is 0 Å². The molecule has 2 aliphatic heterocycles. The molecule has 0 bridgehead atoms. The fourth-order valence-corrected chi connectivity index (χ4v) is 5.57. The second kappa shape index (κ2) is 9.53. The van der Waals surface area contributed by atoms with Gasteiger partial charge in [0.05, 0.1) is 16.7 Å². The van der Waals surface area contributed by atoms with Crippen LogP contribution in [0, 0.1) is 5.92 Å². The normalized spacial score (nSPS) is 17.3. The van der Waals surface area contributed by atoms with E-state index in [2.05, 4.69) is 53.4 Å². The summed E-state index contributed by atoms with van der Waals surface area (Å²) >= 11 is 0. The summed E-state index contributed by atoms with van der Waals surface area (Å²) in [6, 6.07) is 28.0. The van der Waals surface area contributed by atoms with Gasteiger partial charge in [-0.1, -0.05) is 72.8 Å². The molecule has 2 aliphatic rings. The van der Waals surface area contributed by atoms with Crippen LogP contribution >= 0.6 is 0 Å². The number of rotatable bonds is 7. The molecule has 5 heteroatoms. The first-order chi connectivity index (χ1) is 16.6. The van der Waals surface area contributed by atoms with E-state index in [4.69, 9.17) is 5.73 Å². The Morgan fingerprint density at radius 3 is 1.68 bits per heavy atom. The van der Waals surface area contributed by atoms with E-state index in [-0.39, 0.29) is 11.8 Å². The Kier molecular flexibility index (Phi) is 6.31. The summed E-state index contributed by atoms with van der Waals surface area (Å²) in [5.41, 5.74) is 10.1. The van der Waals surface area contributed by atoms with Gasteiger partial charge in [0.25, 0.3) is 11.8 Å². The van der Waals surface area contributed by atoms with Crippen LogP contribution < -0.4 is 5.73 Å². The fraction of sp³-hybridized carbons (Fsp3) is 0.310. The van der Waals surface area contributed by atoms with Crippen molar-refractivity contribution in [3.63, 3.8) is 0 Å². The average Bonchev–Trinajstić information content (AvgIpc) is 3.14. The molecule has 3 aromatic carbocycles. The topological polar surface area (TPSA) is 66.6 Å². The van der Waals surface area contributed by atoms with Crippen molar-refractivity contribution in [2.75, 3.05) is 26.2 Å². The molecule has 2 N–H and O–H groups in total. The lowest BCUT2D eigenvalue weighted by Gasteiger charge is -2.43. The first kappa shape index (κ1) is 22.5. The third-order valence-corrected chi connectivity index (χ3v) is 7.47. The standard InChI is InChI=1S/C29H31N3O2/c30-29(22-10-3-1-4-11-22,23-12-5-2-6-13-23)24-16-20-31(21-17-24)18-9-19-32-27(33)25-14-7-8-15-26(25)28(32)34/h1-8,10-15,24H,9,16-21,30H2. The Morgan fingerprint density at radius 2 is 1.18 bits per heavy atom. The van der Waals surface area contributed by atoms with Gasteiger partial charge in [0.1, 0.15) is 0 Å². The Bertz CT molecular complexity index is 1080. The number of amides is 2. The summed E-state index contributed by atoms with van der Waals surface area (Å²) in [5, 5.41) is 0. The quantitative estimate of drug-likeness (QED) is 0.542. The smallest absolute Gasteiger partial charge is 0.261 e. The van der Waals surface area contributed by atoms with Gasteiger partial charge in [0.15, 0.2) is 0 Å². The average molecular weight is 454 g/mol. The van der Waals surface area contributed by atoms with Crippen LogP contribution in [0.25, 0.3) is 0 Å². The molecule has 0 aliphatic carbocycles. The highest BCUT2D eigenvalue weighted by molar-refractivity contribution is 6.21. The monoisotopic (exact) mass is 453 g/mol. The first-order valence-electron chi connectivity index (χ1n) is 12.2. The third-order valence-electron chi connectivity index (χ3n) is 7.47. The lowest BCUT2D eigenvalue weighted by atomic mass is 9.70. The van der Waals surface area contributed by atoms with Gasteiger partial charge < -0.3 is 10.6 Å². The molecule has 0 aromatic heterocycles. The van der Waals surface area contributed by atoms with Crippen molar-refractivity contribution in [3.8, 4) is 0 Å². The van der Waals surface area contributed by atoms with Crippen LogP contribution in [0.4, 0.5) is 0 Å². The van der Waals surface area contributed by atoms with Crippen molar-refractivity contribution in [1.82, 2.24) is 9.80 Å². The molecule has 0 spiro atoms. The molecule has 3 aromatic rings. The minimum atomic E-state index is -0.519. The lowest BCUT2D eigenvalue weighted by molar-refractivity contribution is 0.0642. The molecule has 34 heavy (non-hydrogen) atoms. The molecule has 174 valence electrons. The van der Waals surface area contributed by atoms with Crippen molar-refractivity contribution < 1.29 is 9.59 Å². The summed E-state index contributed by atoms with van der Waals surface area (Å²) < 4.78 is 0. The SMILES string of the molecule is NC(c1ccccc1)(c1ccccc1)C1CCN(CCCN2C(=O)c3ccccc3C2=O)CC1. The van der Waals surface area contributed by atoms with Crippen LogP contribution in [0.1, 0.15) is 51.1 Å². The molecule has 0 atom stereocenters. The minimum Gasteiger partial charge on any atom is -0.317 e. The molecule has 0 unspecified atom stereocenters. The van der Waals surface area contributed by atoms with E-state index in [1.54, 1.807) is 24.3 Å². The number of carbonyl (C=O) groups is 2. The number of likely N-dealkylation sites (tertiary alicyclic amines) is 1. The maximum atomic E-state index is 12.6. The van der Waals surface area contributed by atoms with Gasteiger partial charge in [0, 0.05) is 6.54 Å². The fourth-order valence-electron chi connectivity index (χ4n) is 5.57. The van der Waals surface area contributed by atoms with E-state index in [1.807, 2.05) is 12.1 Å². The molecule has 5 rings (SSSR count). The van der Waals surface area contributed by atoms with Crippen molar-refractivity contribution in [2.24, 2.45) is 11.7 Å². The highest BCUT2D eigenvalue weighted by Gasteiger charge is 2.40. The Hall–Kier alpha value is -3.28. The number of nitrogens with two attached hydrogens (primary N) is 1. The van der Waals surface area contributed by atoms with Crippen molar-refractivity contribution in [2.45, 2.75) is 24.8 Å². The summed E-state index contributed by atoms with van der Waals surface area (Å²) in [7, 11) is 0. The van der Waals surface area contributed by atoms with E-state index >= 15 is 0 Å². The van der Waals surface area contributed by atoms with Gasteiger partial charge in [-0.2, -0.15) is 0 Å². The molecule has 0 saturated carbocycles. The van der Waals surface area contributed by atoms with E-state index in [0.29, 0.717) is 23.6 Å². The number of hydrogen-bond acceptors (Lipinski definition) is 4. The summed E-state index contributed by atoms with van der Waals surface area (Å²) in [6.45, 7) is 3.26. The summed E-state index contributed by atoms with van der Waals surface area (Å²) in [5.74, 6) is 0.000628. The number of hydrogen-bond donors (Lipinski definition) is 1. The number of carbonyl (C=O) groups excluding carboxylic acids is 2. The number of piperidine rings is 1. The third kappa shape index (κ3) is 4.06. The van der Waals surface area contributed by atoms with Gasteiger partial charge >= 0.3 is 0 Å². The minimum absolute atomic E-state index is 0.169. The van der Waals surface area contributed by atoms with Gasteiger partial charge in [-0.15, -0.1) is 0 Å². The van der Waals surface area contributed by atoms with Crippen LogP contribution in [-0.4, -0.2) is 47.8 Å². The Morgan fingerprint density at radius 1 is 0.706 bits per heavy atom. The molecular weight excluding hydrogens is 422 g/mol. The summed E-state index contributed by atoms with van der Waals surface area (Å²) in [4.78, 5) is 29.0. The Balaban J connectivity index is 1.20. The first-order valence-corrected chi connectivity index (χ1v) is 12.2. The predicted octanol–water partition coefficient (Wildman–Crippen LogP) is 4.29. The molecule has 1 saturated heterocycles. The molecular formula is C29H31N3O2. The van der Waals surface area contributed by atoms with E-state index in [1.165, 1.54) is 4.90 Å². The van der Waals surface area contributed by atoms with Gasteiger partial charge in [-0.25, -0.2) is 0 Å². The highest BCUT2D eigenvalue weighted by atomic mass is 16.2. The molecule has 5 nitrogen and oxygen atoms in total. The van der Waals surface area contributed by atoms with Gasteiger partial charge in [0.2, 0.25) is 0 Å². The number of benzene rings is 3. The van der Waals surface area contributed by atoms with Crippen LogP contribution in [0.5, 0.6) is 0 Å². The second-order valence-electron chi connectivity index (χ2n) is 9.38. The highest BCUT2D eigenvalue weighted by Crippen LogP contribution is 2.39. The molecule has 0 radical (unpaired) electrons. The van der Waals surface area contributed by atoms with E-state index in [0.717, 1.165) is 50.0 Å². The van der Waals surface area contributed by atoms with Gasteiger partial charge in [-0.3, -0.25) is 14.5 Å². The van der Waals surface area contributed by atoms with E-state index < -0.39 is 5.54 Å². The largest absolute Gasteiger partial charge is 0.317 e. The number of nitrogens with zero attached hydrogens (tertiary/aromatic N) is 2. The summed E-state index contributed by atoms with van der Waals surface area (Å²) in [6.07, 6.45) is 2.79. The molecule has 2 heterocycles. The predicted molar refractivity (Wildman–Crippen MR) is 133 cm³/mol. The maximum Gasteiger partial charge on any atom is 0.261 e. The van der Waals surface area contributed by atoms with Crippen LogP contribution in [0.15, 0.2) is 84.9 Å².